The first-order valence-corrected chi connectivity index (χ1v) is 11.1. The number of rotatable bonds is 9. The molecule has 7 heteroatoms. The first-order chi connectivity index (χ1) is 14.5. The average Bonchev–Trinajstić information content (AvgIpc) is 3.15. The predicted molar refractivity (Wildman–Crippen MR) is 122 cm³/mol. The van der Waals surface area contributed by atoms with Crippen LogP contribution in [0.1, 0.15) is 30.9 Å². The molecule has 30 heavy (non-hydrogen) atoms. The van der Waals surface area contributed by atoms with E-state index in [1.807, 2.05) is 50.2 Å². The Labute approximate surface area is 182 Å². The van der Waals surface area contributed by atoms with Crippen molar-refractivity contribution in [2.45, 2.75) is 45.3 Å². The number of methoxy groups -OCH3 is 1. The van der Waals surface area contributed by atoms with E-state index in [0.29, 0.717) is 0 Å². The van der Waals surface area contributed by atoms with Crippen molar-refractivity contribution in [1.82, 2.24) is 14.8 Å². The zero-order chi connectivity index (χ0) is 21.5. The molecule has 158 valence electrons. The minimum atomic E-state index is -0.0528. The van der Waals surface area contributed by atoms with Gasteiger partial charge in [0.25, 0.3) is 0 Å². The lowest BCUT2D eigenvalue weighted by Gasteiger charge is -2.11. The molecule has 0 atom stereocenters. The molecule has 0 aliphatic heterocycles. The zero-order valence-electron chi connectivity index (χ0n) is 17.9. The third-order valence-electron chi connectivity index (χ3n) is 4.79. The number of benzene rings is 2. The Kier molecular flexibility index (Phi) is 7.52. The molecule has 0 aliphatic carbocycles. The summed E-state index contributed by atoms with van der Waals surface area (Å²) in [6.07, 6.45) is 2.08. The molecule has 0 saturated carbocycles. The Balaban J connectivity index is 1.73. The molecule has 0 unspecified atom stereocenters. The number of aromatic nitrogens is 3. The summed E-state index contributed by atoms with van der Waals surface area (Å²) < 4.78 is 7.34. The number of amides is 1. The maximum atomic E-state index is 12.5. The SMILES string of the molecule is CCCCn1c(SCC(=O)Nc2ccc(C)cc2C)nnc1-c1ccc(OC)cc1. The van der Waals surface area contributed by atoms with Crippen LogP contribution in [0, 0.1) is 13.8 Å². The van der Waals surface area contributed by atoms with E-state index in [1.54, 1.807) is 7.11 Å². The van der Waals surface area contributed by atoms with Crippen molar-refractivity contribution in [2.24, 2.45) is 0 Å². The van der Waals surface area contributed by atoms with Crippen molar-refractivity contribution in [3.63, 3.8) is 0 Å². The van der Waals surface area contributed by atoms with Crippen molar-refractivity contribution in [2.75, 3.05) is 18.2 Å². The maximum absolute atomic E-state index is 12.5. The van der Waals surface area contributed by atoms with Gasteiger partial charge >= 0.3 is 0 Å². The van der Waals surface area contributed by atoms with Gasteiger partial charge in [0, 0.05) is 17.8 Å². The molecule has 1 aromatic heterocycles. The van der Waals surface area contributed by atoms with Gasteiger partial charge in [-0.05, 0) is 56.2 Å². The number of carbonyl (C=O) groups is 1. The summed E-state index contributed by atoms with van der Waals surface area (Å²) in [4.78, 5) is 12.5. The van der Waals surface area contributed by atoms with E-state index in [-0.39, 0.29) is 11.7 Å². The monoisotopic (exact) mass is 424 g/mol. The minimum absolute atomic E-state index is 0.0528. The molecule has 0 radical (unpaired) electrons. The van der Waals surface area contributed by atoms with Crippen LogP contribution in [0.4, 0.5) is 5.69 Å². The lowest BCUT2D eigenvalue weighted by atomic mass is 10.1. The molecule has 6 nitrogen and oxygen atoms in total. The van der Waals surface area contributed by atoms with Crippen molar-refractivity contribution >= 4 is 23.4 Å². The fourth-order valence-corrected chi connectivity index (χ4v) is 3.90. The summed E-state index contributed by atoms with van der Waals surface area (Å²) in [7, 11) is 1.65. The number of carbonyl (C=O) groups excluding carboxylic acids is 1. The van der Waals surface area contributed by atoms with Crippen LogP contribution in [-0.4, -0.2) is 33.5 Å². The van der Waals surface area contributed by atoms with Crippen LogP contribution in [-0.2, 0) is 11.3 Å². The lowest BCUT2D eigenvalue weighted by Crippen LogP contribution is -2.15. The normalized spacial score (nSPS) is 10.8. The summed E-state index contributed by atoms with van der Waals surface area (Å²) in [6, 6.07) is 13.8. The van der Waals surface area contributed by atoms with Crippen molar-refractivity contribution < 1.29 is 9.53 Å². The molecule has 0 fully saturated rings. The Hall–Kier alpha value is -2.80. The van der Waals surface area contributed by atoms with Gasteiger partial charge in [0.2, 0.25) is 5.91 Å². The fraction of sp³-hybridized carbons (Fsp3) is 0.348. The summed E-state index contributed by atoms with van der Waals surface area (Å²) >= 11 is 1.41. The molecule has 3 rings (SSSR count). The van der Waals surface area contributed by atoms with Crippen LogP contribution in [0.25, 0.3) is 11.4 Å². The summed E-state index contributed by atoms with van der Waals surface area (Å²) in [5.74, 6) is 1.84. The van der Waals surface area contributed by atoms with E-state index in [2.05, 4.69) is 33.1 Å². The number of thioether (sulfide) groups is 1. The van der Waals surface area contributed by atoms with Gasteiger partial charge in [-0.1, -0.05) is 42.8 Å². The molecule has 0 aliphatic rings. The number of unbranched alkanes of at least 4 members (excludes halogenated alkanes) is 1. The minimum Gasteiger partial charge on any atom is -0.497 e. The van der Waals surface area contributed by atoms with Gasteiger partial charge in [-0.2, -0.15) is 0 Å². The molecule has 0 spiro atoms. The number of ether oxygens (including phenoxy) is 1. The fourth-order valence-electron chi connectivity index (χ4n) is 3.14. The number of anilines is 1. The number of hydrogen-bond acceptors (Lipinski definition) is 5. The van der Waals surface area contributed by atoms with Crippen LogP contribution in [0.3, 0.4) is 0 Å². The summed E-state index contributed by atoms with van der Waals surface area (Å²) in [5.41, 5.74) is 4.06. The second-order valence-electron chi connectivity index (χ2n) is 7.20. The number of nitrogens with zero attached hydrogens (tertiary/aromatic N) is 3. The highest BCUT2D eigenvalue weighted by Crippen LogP contribution is 2.26. The van der Waals surface area contributed by atoms with Crippen LogP contribution >= 0.6 is 11.8 Å². The standard InChI is InChI=1S/C23H28N4O2S/c1-5-6-13-27-22(18-8-10-19(29-4)11-9-18)25-26-23(27)30-15-21(28)24-20-12-7-16(2)14-17(20)3/h7-12,14H,5-6,13,15H2,1-4H3,(H,24,28). The number of nitrogens with one attached hydrogen (secondary N) is 1. The van der Waals surface area contributed by atoms with Gasteiger partial charge in [0.15, 0.2) is 11.0 Å². The molecule has 2 aromatic carbocycles. The smallest absolute Gasteiger partial charge is 0.234 e. The first-order valence-electron chi connectivity index (χ1n) is 10.1. The van der Waals surface area contributed by atoms with E-state index in [9.17, 15) is 4.79 Å². The van der Waals surface area contributed by atoms with Gasteiger partial charge in [-0.3, -0.25) is 4.79 Å². The first kappa shape index (κ1) is 21.9. The summed E-state index contributed by atoms with van der Waals surface area (Å²) in [6.45, 7) is 7.00. The molecular weight excluding hydrogens is 396 g/mol. The third kappa shape index (κ3) is 5.42. The van der Waals surface area contributed by atoms with Crippen LogP contribution in [0.2, 0.25) is 0 Å². The highest BCUT2D eigenvalue weighted by atomic mass is 32.2. The van der Waals surface area contributed by atoms with E-state index >= 15 is 0 Å². The summed E-state index contributed by atoms with van der Waals surface area (Å²) in [5, 5.41) is 12.5. The molecule has 0 saturated heterocycles. The van der Waals surface area contributed by atoms with E-state index in [4.69, 9.17) is 4.74 Å². The van der Waals surface area contributed by atoms with Crippen LogP contribution in [0.5, 0.6) is 5.75 Å². The van der Waals surface area contributed by atoms with Gasteiger partial charge < -0.3 is 14.6 Å². The van der Waals surface area contributed by atoms with Crippen LogP contribution < -0.4 is 10.1 Å². The van der Waals surface area contributed by atoms with Crippen molar-refractivity contribution in [3.8, 4) is 17.1 Å². The predicted octanol–water partition coefficient (Wildman–Crippen LogP) is 5.10. The van der Waals surface area contributed by atoms with E-state index < -0.39 is 0 Å². The van der Waals surface area contributed by atoms with Crippen molar-refractivity contribution in [3.05, 3.63) is 53.6 Å². The van der Waals surface area contributed by atoms with Gasteiger partial charge in [0.1, 0.15) is 5.75 Å². The second kappa shape index (κ2) is 10.3. The Morgan fingerprint density at radius 2 is 1.90 bits per heavy atom. The molecule has 0 bridgehead atoms. The third-order valence-corrected chi connectivity index (χ3v) is 5.76. The van der Waals surface area contributed by atoms with Gasteiger partial charge in [0.05, 0.1) is 12.9 Å². The van der Waals surface area contributed by atoms with Gasteiger partial charge in [-0.15, -0.1) is 10.2 Å². The molecular formula is C23H28N4O2S. The van der Waals surface area contributed by atoms with E-state index in [1.165, 1.54) is 17.3 Å². The van der Waals surface area contributed by atoms with Crippen LogP contribution in [0.15, 0.2) is 47.6 Å². The molecule has 3 aromatic rings. The van der Waals surface area contributed by atoms with Gasteiger partial charge in [-0.25, -0.2) is 0 Å². The lowest BCUT2D eigenvalue weighted by molar-refractivity contribution is -0.113. The Bertz CT molecular complexity index is 999. The topological polar surface area (TPSA) is 69.0 Å². The molecule has 1 heterocycles. The van der Waals surface area contributed by atoms with Crippen molar-refractivity contribution in [1.29, 1.82) is 0 Å². The highest BCUT2D eigenvalue weighted by Gasteiger charge is 2.16. The maximum Gasteiger partial charge on any atom is 0.234 e. The molecule has 1 amide bonds. The average molecular weight is 425 g/mol. The number of hydrogen-bond donors (Lipinski definition) is 1. The highest BCUT2D eigenvalue weighted by molar-refractivity contribution is 7.99. The van der Waals surface area contributed by atoms with E-state index in [0.717, 1.165) is 52.9 Å². The Morgan fingerprint density at radius 3 is 2.57 bits per heavy atom. The number of aryl methyl sites for hydroxylation is 2. The Morgan fingerprint density at radius 1 is 1.13 bits per heavy atom. The quantitative estimate of drug-likeness (QED) is 0.484. The zero-order valence-corrected chi connectivity index (χ0v) is 18.8. The second-order valence-corrected chi connectivity index (χ2v) is 8.14. The largest absolute Gasteiger partial charge is 0.497 e. The molecule has 1 N–H and O–H groups in total.